The fraction of sp³-hybridized carbons (Fsp3) is 0.278. The third-order valence-electron chi connectivity index (χ3n) is 3.85. The maximum absolute atomic E-state index is 12.7. The van der Waals surface area contributed by atoms with E-state index in [0.717, 1.165) is 4.47 Å². The number of methoxy groups -OCH3 is 1. The minimum Gasteiger partial charge on any atom is -0.495 e. The van der Waals surface area contributed by atoms with Gasteiger partial charge in [-0.3, -0.25) is 4.79 Å². The molecule has 0 aromatic heterocycles. The molecule has 0 saturated heterocycles. The summed E-state index contributed by atoms with van der Waals surface area (Å²) in [7, 11) is -2.18. The molecule has 0 aliphatic rings. The van der Waals surface area contributed by atoms with E-state index < -0.39 is 10.0 Å². The molecule has 0 spiro atoms. The minimum absolute atomic E-state index is 0.103. The summed E-state index contributed by atoms with van der Waals surface area (Å²) >= 11 is 3.32. The van der Waals surface area contributed by atoms with E-state index in [2.05, 4.69) is 21.2 Å². The third kappa shape index (κ3) is 4.44. The molecule has 0 unspecified atom stereocenters. The van der Waals surface area contributed by atoms with E-state index in [9.17, 15) is 13.2 Å². The molecule has 26 heavy (non-hydrogen) atoms. The maximum atomic E-state index is 12.7. The van der Waals surface area contributed by atoms with Crippen LogP contribution >= 0.6 is 15.9 Å². The number of carbonyl (C=O) groups is 1. The van der Waals surface area contributed by atoms with Crippen molar-refractivity contribution in [2.24, 2.45) is 0 Å². The molecule has 0 heterocycles. The molecule has 0 bridgehead atoms. The summed E-state index contributed by atoms with van der Waals surface area (Å²) < 4.78 is 32.8. The number of halogens is 1. The van der Waals surface area contributed by atoms with Gasteiger partial charge in [-0.1, -0.05) is 35.8 Å². The zero-order valence-corrected chi connectivity index (χ0v) is 17.2. The van der Waals surface area contributed by atoms with Crippen LogP contribution in [0.15, 0.2) is 51.8 Å². The van der Waals surface area contributed by atoms with E-state index >= 15 is 0 Å². The maximum Gasteiger partial charge on any atom is 0.255 e. The molecule has 8 heteroatoms. The Hall–Kier alpha value is -1.90. The lowest BCUT2D eigenvalue weighted by atomic mass is 10.2. The first-order chi connectivity index (χ1) is 12.3. The number of anilines is 1. The Morgan fingerprint density at radius 3 is 2.42 bits per heavy atom. The van der Waals surface area contributed by atoms with Gasteiger partial charge in [-0.15, -0.1) is 0 Å². The van der Waals surface area contributed by atoms with Gasteiger partial charge in [0.05, 0.1) is 17.7 Å². The Bertz CT molecular complexity index is 896. The highest BCUT2D eigenvalue weighted by Gasteiger charge is 2.23. The minimum atomic E-state index is -3.64. The molecule has 6 nitrogen and oxygen atoms in total. The molecular formula is C18H21BrN2O4S. The second-order valence-corrected chi connectivity index (χ2v) is 8.27. The van der Waals surface area contributed by atoms with Crippen LogP contribution in [0, 0.1) is 0 Å². The van der Waals surface area contributed by atoms with Gasteiger partial charge >= 0.3 is 0 Å². The lowest BCUT2D eigenvalue weighted by Crippen LogP contribution is -2.30. The second kappa shape index (κ2) is 8.66. The topological polar surface area (TPSA) is 75.7 Å². The number of carbonyl (C=O) groups excluding carboxylic acids is 1. The molecular weight excluding hydrogens is 420 g/mol. The fourth-order valence-electron chi connectivity index (χ4n) is 2.48. The Kier molecular flexibility index (Phi) is 6.80. The summed E-state index contributed by atoms with van der Waals surface area (Å²) in [4.78, 5) is 12.6. The number of amides is 1. The van der Waals surface area contributed by atoms with Crippen LogP contribution < -0.4 is 10.1 Å². The van der Waals surface area contributed by atoms with Crippen LogP contribution in [0.25, 0.3) is 0 Å². The molecule has 0 aliphatic carbocycles. The van der Waals surface area contributed by atoms with Gasteiger partial charge in [-0.25, -0.2) is 8.42 Å². The first-order valence-electron chi connectivity index (χ1n) is 8.08. The molecule has 1 N–H and O–H groups in total. The SMILES string of the molecule is CCN(CC)S(=O)(=O)c1ccc(OC)c(NC(=O)c2cccc(Br)c2)c1. The molecule has 2 rings (SSSR count). The van der Waals surface area contributed by atoms with Crippen molar-refractivity contribution < 1.29 is 17.9 Å². The van der Waals surface area contributed by atoms with E-state index in [1.807, 2.05) is 6.07 Å². The highest BCUT2D eigenvalue weighted by Crippen LogP contribution is 2.29. The number of ether oxygens (including phenoxy) is 1. The Labute approximate surface area is 162 Å². The van der Waals surface area contributed by atoms with Gasteiger partial charge in [-0.05, 0) is 36.4 Å². The number of benzene rings is 2. The molecule has 2 aromatic carbocycles. The highest BCUT2D eigenvalue weighted by atomic mass is 79.9. The first kappa shape index (κ1) is 20.4. The molecule has 140 valence electrons. The van der Waals surface area contributed by atoms with Crippen LogP contribution in [0.3, 0.4) is 0 Å². The molecule has 0 radical (unpaired) electrons. The molecule has 0 atom stereocenters. The van der Waals surface area contributed by atoms with Crippen molar-refractivity contribution in [3.8, 4) is 5.75 Å². The predicted molar refractivity (Wildman–Crippen MR) is 105 cm³/mol. The lowest BCUT2D eigenvalue weighted by Gasteiger charge is -2.19. The van der Waals surface area contributed by atoms with Crippen LogP contribution in [0.1, 0.15) is 24.2 Å². The van der Waals surface area contributed by atoms with E-state index in [1.54, 1.807) is 32.0 Å². The Morgan fingerprint density at radius 2 is 1.85 bits per heavy atom. The number of rotatable bonds is 7. The Morgan fingerprint density at radius 1 is 1.15 bits per heavy atom. The van der Waals surface area contributed by atoms with Crippen LogP contribution in [0.4, 0.5) is 5.69 Å². The van der Waals surface area contributed by atoms with Gasteiger partial charge in [0.15, 0.2) is 0 Å². The number of sulfonamides is 1. The van der Waals surface area contributed by atoms with Gasteiger partial charge in [-0.2, -0.15) is 4.31 Å². The zero-order valence-electron chi connectivity index (χ0n) is 14.8. The fourth-order valence-corrected chi connectivity index (χ4v) is 4.37. The number of hydrogen-bond donors (Lipinski definition) is 1. The van der Waals surface area contributed by atoms with Crippen LogP contribution in [0.2, 0.25) is 0 Å². The molecule has 2 aromatic rings. The lowest BCUT2D eigenvalue weighted by molar-refractivity contribution is 0.102. The van der Waals surface area contributed by atoms with Crippen molar-refractivity contribution in [2.75, 3.05) is 25.5 Å². The van der Waals surface area contributed by atoms with E-state index in [1.165, 1.54) is 29.6 Å². The van der Waals surface area contributed by atoms with E-state index in [-0.39, 0.29) is 10.8 Å². The number of nitrogens with one attached hydrogen (secondary N) is 1. The van der Waals surface area contributed by atoms with Crippen LogP contribution in [0.5, 0.6) is 5.75 Å². The predicted octanol–water partition coefficient (Wildman–Crippen LogP) is 3.74. The average Bonchev–Trinajstić information content (AvgIpc) is 2.62. The highest BCUT2D eigenvalue weighted by molar-refractivity contribution is 9.10. The van der Waals surface area contributed by atoms with Crippen LogP contribution in [-0.4, -0.2) is 38.8 Å². The van der Waals surface area contributed by atoms with Gasteiger partial charge < -0.3 is 10.1 Å². The summed E-state index contributed by atoms with van der Waals surface area (Å²) in [6.45, 7) is 4.29. The van der Waals surface area contributed by atoms with Gasteiger partial charge in [0.1, 0.15) is 5.75 Å². The third-order valence-corrected chi connectivity index (χ3v) is 6.39. The zero-order chi connectivity index (χ0) is 19.3. The van der Waals surface area contributed by atoms with Crippen molar-refractivity contribution in [3.05, 3.63) is 52.5 Å². The molecule has 0 aliphatic heterocycles. The van der Waals surface area contributed by atoms with E-state index in [4.69, 9.17) is 4.74 Å². The average molecular weight is 441 g/mol. The quantitative estimate of drug-likeness (QED) is 0.711. The second-order valence-electron chi connectivity index (χ2n) is 5.42. The molecule has 0 saturated carbocycles. The van der Waals surface area contributed by atoms with E-state index in [0.29, 0.717) is 30.1 Å². The summed E-state index contributed by atoms with van der Waals surface area (Å²) in [5, 5.41) is 2.72. The number of nitrogens with zero attached hydrogens (tertiary/aromatic N) is 1. The van der Waals surface area contributed by atoms with Gasteiger partial charge in [0, 0.05) is 23.1 Å². The molecule has 1 amide bonds. The van der Waals surface area contributed by atoms with Gasteiger partial charge in [0.25, 0.3) is 5.91 Å². The monoisotopic (exact) mass is 440 g/mol. The van der Waals surface area contributed by atoms with Gasteiger partial charge in [0.2, 0.25) is 10.0 Å². The first-order valence-corrected chi connectivity index (χ1v) is 10.3. The largest absolute Gasteiger partial charge is 0.495 e. The van der Waals surface area contributed by atoms with Crippen molar-refractivity contribution in [1.82, 2.24) is 4.31 Å². The van der Waals surface area contributed by atoms with Crippen molar-refractivity contribution in [2.45, 2.75) is 18.7 Å². The summed E-state index contributed by atoms with van der Waals surface area (Å²) in [6, 6.07) is 11.3. The normalized spacial score (nSPS) is 11.4. The smallest absolute Gasteiger partial charge is 0.255 e. The number of hydrogen-bond acceptors (Lipinski definition) is 4. The van der Waals surface area contributed by atoms with Crippen LogP contribution in [-0.2, 0) is 10.0 Å². The summed E-state index contributed by atoms with van der Waals surface area (Å²) in [5.74, 6) is 0.0221. The summed E-state index contributed by atoms with van der Waals surface area (Å²) in [5.41, 5.74) is 0.740. The van der Waals surface area contributed by atoms with Crippen molar-refractivity contribution in [3.63, 3.8) is 0 Å². The summed E-state index contributed by atoms with van der Waals surface area (Å²) in [6.07, 6.45) is 0. The van der Waals surface area contributed by atoms with Crippen molar-refractivity contribution >= 4 is 37.5 Å². The van der Waals surface area contributed by atoms with Crippen molar-refractivity contribution in [1.29, 1.82) is 0 Å². The Balaban J connectivity index is 2.40. The molecule has 0 fully saturated rings. The standard InChI is InChI=1S/C18H21BrN2O4S/c1-4-21(5-2)26(23,24)15-9-10-17(25-3)16(12-15)20-18(22)13-7-6-8-14(19)11-13/h6-12H,4-5H2,1-3H3,(H,20,22).